The van der Waals surface area contributed by atoms with Gasteiger partial charge in [0.25, 0.3) is 0 Å². The van der Waals surface area contributed by atoms with Crippen LogP contribution in [-0.4, -0.2) is 6.04 Å². The number of benzene rings is 7. The van der Waals surface area contributed by atoms with E-state index in [1.54, 1.807) is 0 Å². The van der Waals surface area contributed by atoms with Crippen LogP contribution in [0.2, 0.25) is 0 Å². The zero-order valence-corrected chi connectivity index (χ0v) is 29.6. The van der Waals surface area contributed by atoms with Crippen molar-refractivity contribution in [1.29, 1.82) is 0 Å². The fraction of sp³-hybridized carbons (Fsp3) is 0.0612. The zero-order chi connectivity index (χ0) is 34.9. The molecular formula is C49H33NO2S. The molecule has 1 aliphatic heterocycles. The van der Waals surface area contributed by atoms with Crippen molar-refractivity contribution in [2.24, 2.45) is 0 Å². The number of allylic oxidation sites excluding steroid dienone is 1. The standard InChI is InChI=1S/C49H33NO2S/c1-4-14-32(15-5-1)49(33-16-6-2-7-17-33)40-22-12-10-21-39(40)47-41(49)27-29-43-48(47)52-42-28-25-35(30-44(42)51-43)50(34-18-8-3-9-19-34)36-24-26-38-37-20-11-13-23-45(37)53-46(38)31-36/h1-29,31,35H,30H2. The molecule has 4 heteroatoms. The Morgan fingerprint density at radius 3 is 2.04 bits per heavy atom. The van der Waals surface area contributed by atoms with E-state index >= 15 is 0 Å². The SMILES string of the molecule is C1=CC(N(c2ccccc2)c2ccc3c(c2)sc2ccccc23)CC2=C1Oc1c(ccc3c1-c1ccccc1C3(c1ccccc1)c1ccccc1)O2. The first-order valence-electron chi connectivity index (χ1n) is 18.2. The minimum Gasteiger partial charge on any atom is -0.454 e. The highest BCUT2D eigenvalue weighted by atomic mass is 32.1. The molecule has 0 fully saturated rings. The topological polar surface area (TPSA) is 21.7 Å². The van der Waals surface area contributed by atoms with Crippen molar-refractivity contribution in [2.45, 2.75) is 17.9 Å². The third-order valence-electron chi connectivity index (χ3n) is 11.1. The second-order valence-electron chi connectivity index (χ2n) is 13.9. The summed E-state index contributed by atoms with van der Waals surface area (Å²) in [7, 11) is 0. The molecule has 11 rings (SSSR count). The summed E-state index contributed by atoms with van der Waals surface area (Å²) < 4.78 is 16.5. The normalized spacial score (nSPS) is 16.3. The van der Waals surface area contributed by atoms with Crippen molar-refractivity contribution in [2.75, 3.05) is 4.90 Å². The molecule has 8 aromatic rings. The number of hydrogen-bond acceptors (Lipinski definition) is 4. The summed E-state index contributed by atoms with van der Waals surface area (Å²) in [6, 6.07) is 61.1. The van der Waals surface area contributed by atoms with Crippen molar-refractivity contribution in [3.63, 3.8) is 0 Å². The molecule has 252 valence electrons. The average molecular weight is 700 g/mol. The molecule has 0 amide bonds. The summed E-state index contributed by atoms with van der Waals surface area (Å²) in [6.07, 6.45) is 5.04. The van der Waals surface area contributed by atoms with Gasteiger partial charge >= 0.3 is 0 Å². The highest BCUT2D eigenvalue weighted by Gasteiger charge is 2.48. The number of thiophene rings is 1. The molecule has 0 N–H and O–H groups in total. The van der Waals surface area contributed by atoms with Gasteiger partial charge in [-0.2, -0.15) is 0 Å². The van der Waals surface area contributed by atoms with Crippen LogP contribution in [0.4, 0.5) is 11.4 Å². The van der Waals surface area contributed by atoms with Crippen LogP contribution >= 0.6 is 11.3 Å². The van der Waals surface area contributed by atoms with E-state index in [1.165, 1.54) is 48.0 Å². The van der Waals surface area contributed by atoms with Crippen LogP contribution in [0.1, 0.15) is 28.7 Å². The van der Waals surface area contributed by atoms with Gasteiger partial charge in [0.05, 0.1) is 11.5 Å². The predicted molar refractivity (Wildman–Crippen MR) is 217 cm³/mol. The van der Waals surface area contributed by atoms with Crippen LogP contribution in [0.25, 0.3) is 31.3 Å². The second-order valence-corrected chi connectivity index (χ2v) is 15.0. The Labute approximate surface area is 312 Å². The lowest BCUT2D eigenvalue weighted by Gasteiger charge is -2.36. The van der Waals surface area contributed by atoms with E-state index in [2.05, 4.69) is 187 Å². The zero-order valence-electron chi connectivity index (χ0n) is 28.8. The highest BCUT2D eigenvalue weighted by molar-refractivity contribution is 7.25. The Kier molecular flexibility index (Phi) is 6.77. The van der Waals surface area contributed by atoms with Gasteiger partial charge in [0.1, 0.15) is 5.76 Å². The summed E-state index contributed by atoms with van der Waals surface area (Å²) >= 11 is 1.85. The summed E-state index contributed by atoms with van der Waals surface area (Å²) in [5, 5.41) is 2.60. The average Bonchev–Trinajstić information content (AvgIpc) is 3.75. The number of fused-ring (bicyclic) bond motifs is 8. The maximum atomic E-state index is 6.98. The number of nitrogens with zero attached hydrogens (tertiary/aromatic N) is 1. The minimum absolute atomic E-state index is 0.0205. The van der Waals surface area contributed by atoms with Gasteiger partial charge in [0, 0.05) is 43.5 Å². The fourth-order valence-electron chi connectivity index (χ4n) is 8.90. The van der Waals surface area contributed by atoms with Gasteiger partial charge in [0.15, 0.2) is 17.3 Å². The van der Waals surface area contributed by atoms with E-state index in [1.807, 2.05) is 11.3 Å². The van der Waals surface area contributed by atoms with Gasteiger partial charge in [-0.1, -0.05) is 140 Å². The van der Waals surface area contributed by atoms with Crippen LogP contribution < -0.4 is 14.4 Å². The quantitative estimate of drug-likeness (QED) is 0.178. The molecule has 0 saturated heterocycles. The van der Waals surface area contributed by atoms with E-state index in [9.17, 15) is 0 Å². The number of hydrogen-bond donors (Lipinski definition) is 0. The first-order chi connectivity index (χ1) is 26.3. The van der Waals surface area contributed by atoms with Crippen LogP contribution in [0.15, 0.2) is 194 Å². The minimum atomic E-state index is -0.499. The molecule has 1 unspecified atom stereocenters. The van der Waals surface area contributed by atoms with Gasteiger partial charge in [0.2, 0.25) is 0 Å². The Morgan fingerprint density at radius 1 is 0.566 bits per heavy atom. The maximum absolute atomic E-state index is 6.98. The van der Waals surface area contributed by atoms with Gasteiger partial charge in [-0.25, -0.2) is 0 Å². The summed E-state index contributed by atoms with van der Waals surface area (Å²) in [5.41, 5.74) is 8.95. The lowest BCUT2D eigenvalue weighted by Crippen LogP contribution is -2.33. The van der Waals surface area contributed by atoms with Crippen molar-refractivity contribution in [3.05, 3.63) is 216 Å². The molecule has 0 radical (unpaired) electrons. The molecule has 53 heavy (non-hydrogen) atoms. The first kappa shape index (κ1) is 30.3. The lowest BCUT2D eigenvalue weighted by atomic mass is 9.68. The van der Waals surface area contributed by atoms with E-state index in [-0.39, 0.29) is 6.04 Å². The number of ether oxygens (including phenoxy) is 2. The molecule has 0 saturated carbocycles. The summed E-state index contributed by atoms with van der Waals surface area (Å²) in [5.74, 6) is 3.14. The largest absolute Gasteiger partial charge is 0.454 e. The Balaban J connectivity index is 1.00. The van der Waals surface area contributed by atoms with Crippen molar-refractivity contribution in [3.8, 4) is 22.6 Å². The van der Waals surface area contributed by atoms with Gasteiger partial charge in [-0.05, 0) is 70.3 Å². The molecule has 3 nitrogen and oxygen atoms in total. The summed E-state index contributed by atoms with van der Waals surface area (Å²) in [4.78, 5) is 2.43. The smallest absolute Gasteiger partial charge is 0.178 e. The molecule has 2 aliphatic carbocycles. The van der Waals surface area contributed by atoms with Gasteiger partial charge in [-0.15, -0.1) is 11.3 Å². The molecule has 3 aliphatic rings. The molecule has 1 aromatic heterocycles. The predicted octanol–water partition coefficient (Wildman–Crippen LogP) is 12.6. The van der Waals surface area contributed by atoms with E-state index in [0.717, 1.165) is 40.0 Å². The third-order valence-corrected chi connectivity index (χ3v) is 12.3. The monoisotopic (exact) mass is 699 g/mol. The summed E-state index contributed by atoms with van der Waals surface area (Å²) in [6.45, 7) is 0. The van der Waals surface area contributed by atoms with Crippen LogP contribution in [0.5, 0.6) is 11.5 Å². The number of rotatable bonds is 5. The Morgan fingerprint density at radius 2 is 1.25 bits per heavy atom. The van der Waals surface area contributed by atoms with Crippen molar-refractivity contribution < 1.29 is 9.47 Å². The Hall–Kier alpha value is -6.36. The fourth-order valence-corrected chi connectivity index (χ4v) is 10.0. The number of anilines is 2. The molecule has 2 heterocycles. The van der Waals surface area contributed by atoms with E-state index in [4.69, 9.17) is 9.47 Å². The van der Waals surface area contributed by atoms with Gasteiger partial charge in [-0.3, -0.25) is 0 Å². The Bertz CT molecular complexity index is 2730. The maximum Gasteiger partial charge on any atom is 0.178 e. The molecule has 0 spiro atoms. The third kappa shape index (κ3) is 4.52. The molecule has 7 aromatic carbocycles. The lowest BCUT2D eigenvalue weighted by molar-refractivity contribution is 0.286. The van der Waals surface area contributed by atoms with E-state index in [0.29, 0.717) is 6.42 Å². The highest BCUT2D eigenvalue weighted by Crippen LogP contribution is 2.61. The van der Waals surface area contributed by atoms with Crippen LogP contribution in [0.3, 0.4) is 0 Å². The molecule has 1 atom stereocenters. The van der Waals surface area contributed by atoms with Crippen molar-refractivity contribution >= 4 is 42.9 Å². The molecular weight excluding hydrogens is 667 g/mol. The number of para-hydroxylation sites is 1. The first-order valence-corrected chi connectivity index (χ1v) is 19.0. The van der Waals surface area contributed by atoms with E-state index < -0.39 is 5.41 Å². The van der Waals surface area contributed by atoms with Crippen LogP contribution in [0, 0.1) is 0 Å². The second kappa shape index (κ2) is 11.8. The van der Waals surface area contributed by atoms with Crippen LogP contribution in [-0.2, 0) is 5.41 Å². The van der Waals surface area contributed by atoms with Gasteiger partial charge < -0.3 is 14.4 Å². The molecule has 0 bridgehead atoms. The van der Waals surface area contributed by atoms with Crippen molar-refractivity contribution in [1.82, 2.24) is 0 Å².